The second-order valence-corrected chi connectivity index (χ2v) is 5.47. The summed E-state index contributed by atoms with van der Waals surface area (Å²) in [6, 6.07) is 3.93. The number of aromatic nitrogens is 2. The summed E-state index contributed by atoms with van der Waals surface area (Å²) in [7, 11) is 3.24. The zero-order chi connectivity index (χ0) is 16.4. The van der Waals surface area contributed by atoms with Crippen LogP contribution in [0.25, 0.3) is 0 Å². The van der Waals surface area contributed by atoms with Gasteiger partial charge in [-0.3, -0.25) is 4.79 Å². The first kappa shape index (κ1) is 15.3. The maximum atomic E-state index is 12.6. The van der Waals surface area contributed by atoms with Crippen LogP contribution in [0.1, 0.15) is 27.3 Å². The number of aryl methyl sites for hydroxylation is 1. The van der Waals surface area contributed by atoms with Gasteiger partial charge in [-0.15, -0.1) is 0 Å². The van der Waals surface area contributed by atoms with E-state index in [1.54, 1.807) is 33.5 Å². The van der Waals surface area contributed by atoms with Crippen LogP contribution >= 0.6 is 0 Å². The smallest absolute Gasteiger partial charge is 0.257 e. The fraction of sp³-hybridized carbons (Fsp3) is 0.353. The van der Waals surface area contributed by atoms with Gasteiger partial charge < -0.3 is 14.4 Å². The summed E-state index contributed by atoms with van der Waals surface area (Å²) in [6.07, 6.45) is 3.94. The number of rotatable bonds is 3. The molecule has 6 heteroatoms. The summed E-state index contributed by atoms with van der Waals surface area (Å²) in [6.45, 7) is 3.00. The normalized spacial score (nSPS) is 13.4. The molecule has 1 amide bonds. The summed E-state index contributed by atoms with van der Waals surface area (Å²) in [5.74, 6) is 2.00. The van der Waals surface area contributed by atoms with Crippen molar-refractivity contribution >= 4 is 5.91 Å². The van der Waals surface area contributed by atoms with E-state index in [1.165, 1.54) is 5.56 Å². The van der Waals surface area contributed by atoms with Crippen molar-refractivity contribution in [1.82, 2.24) is 14.9 Å². The van der Waals surface area contributed by atoms with E-state index in [2.05, 4.69) is 9.97 Å². The predicted molar refractivity (Wildman–Crippen MR) is 84.8 cm³/mol. The molecule has 0 saturated heterocycles. The topological polar surface area (TPSA) is 64.6 Å². The molecule has 0 fully saturated rings. The zero-order valence-corrected chi connectivity index (χ0v) is 13.5. The number of hydrogen-bond acceptors (Lipinski definition) is 5. The molecule has 6 nitrogen and oxygen atoms in total. The Kier molecular flexibility index (Phi) is 4.14. The van der Waals surface area contributed by atoms with Gasteiger partial charge in [0.1, 0.15) is 5.82 Å². The second kappa shape index (κ2) is 6.24. The number of nitrogens with zero attached hydrogens (tertiary/aromatic N) is 3. The van der Waals surface area contributed by atoms with Crippen LogP contribution in [0.2, 0.25) is 0 Å². The molecular weight excluding hydrogens is 294 g/mol. The molecule has 0 bridgehead atoms. The van der Waals surface area contributed by atoms with E-state index in [9.17, 15) is 4.79 Å². The van der Waals surface area contributed by atoms with E-state index < -0.39 is 0 Å². The summed E-state index contributed by atoms with van der Waals surface area (Å²) < 4.78 is 10.7. The van der Waals surface area contributed by atoms with Crippen molar-refractivity contribution < 1.29 is 14.3 Å². The summed E-state index contributed by atoms with van der Waals surface area (Å²) in [5, 5.41) is 0. The molecule has 2 heterocycles. The van der Waals surface area contributed by atoms with Crippen molar-refractivity contribution in [3.05, 3.63) is 47.0 Å². The lowest BCUT2D eigenvalue weighted by molar-refractivity contribution is 0.0733. The largest absolute Gasteiger partial charge is 0.493 e. The van der Waals surface area contributed by atoms with Gasteiger partial charge in [0.25, 0.3) is 5.91 Å². The van der Waals surface area contributed by atoms with E-state index in [0.29, 0.717) is 30.2 Å². The number of benzene rings is 1. The van der Waals surface area contributed by atoms with E-state index in [4.69, 9.17) is 9.47 Å². The van der Waals surface area contributed by atoms with Gasteiger partial charge in [-0.05, 0) is 36.6 Å². The Morgan fingerprint density at radius 2 is 1.70 bits per heavy atom. The van der Waals surface area contributed by atoms with Gasteiger partial charge >= 0.3 is 0 Å². The van der Waals surface area contributed by atoms with Crippen LogP contribution in [0.4, 0.5) is 0 Å². The molecule has 0 N–H and O–H groups in total. The minimum atomic E-state index is -0.0505. The SMILES string of the molecule is COc1cc2c(cc1OC)CN(C(=O)c1cnc(C)nc1)CC2. The average molecular weight is 313 g/mol. The highest BCUT2D eigenvalue weighted by atomic mass is 16.5. The molecule has 1 aliphatic heterocycles. The molecule has 1 aromatic heterocycles. The van der Waals surface area contributed by atoms with E-state index in [1.807, 2.05) is 17.0 Å². The highest BCUT2D eigenvalue weighted by Crippen LogP contribution is 2.33. The molecule has 0 unspecified atom stereocenters. The number of ether oxygens (including phenoxy) is 2. The van der Waals surface area contributed by atoms with Gasteiger partial charge in [0.15, 0.2) is 11.5 Å². The molecule has 2 aromatic rings. The van der Waals surface area contributed by atoms with Crippen LogP contribution in [0, 0.1) is 6.92 Å². The van der Waals surface area contributed by atoms with Crippen molar-refractivity contribution in [2.75, 3.05) is 20.8 Å². The van der Waals surface area contributed by atoms with Crippen LogP contribution < -0.4 is 9.47 Å². The minimum absolute atomic E-state index is 0.0505. The fourth-order valence-corrected chi connectivity index (χ4v) is 2.74. The fourth-order valence-electron chi connectivity index (χ4n) is 2.74. The van der Waals surface area contributed by atoms with Gasteiger partial charge in [-0.1, -0.05) is 0 Å². The molecule has 0 spiro atoms. The van der Waals surface area contributed by atoms with Crippen molar-refractivity contribution in [2.24, 2.45) is 0 Å². The molecule has 0 saturated carbocycles. The van der Waals surface area contributed by atoms with Gasteiger partial charge in [0, 0.05) is 25.5 Å². The van der Waals surface area contributed by atoms with Crippen LogP contribution in [-0.2, 0) is 13.0 Å². The Hall–Kier alpha value is -2.63. The van der Waals surface area contributed by atoms with Crippen LogP contribution in [0.3, 0.4) is 0 Å². The Morgan fingerprint density at radius 3 is 2.30 bits per heavy atom. The van der Waals surface area contributed by atoms with E-state index in [-0.39, 0.29) is 5.91 Å². The standard InChI is InChI=1S/C17H19N3O3/c1-11-18-8-14(9-19-11)17(21)20-5-4-12-6-15(22-2)16(23-3)7-13(12)10-20/h6-9H,4-5,10H2,1-3H3. The van der Waals surface area contributed by atoms with Gasteiger partial charge in [-0.2, -0.15) is 0 Å². The van der Waals surface area contributed by atoms with Crippen molar-refractivity contribution in [3.8, 4) is 11.5 Å². The Balaban J connectivity index is 1.84. The third kappa shape index (κ3) is 2.97. The molecule has 1 aromatic carbocycles. The highest BCUT2D eigenvalue weighted by Gasteiger charge is 2.24. The van der Waals surface area contributed by atoms with Crippen molar-refractivity contribution in [3.63, 3.8) is 0 Å². The average Bonchev–Trinajstić information content (AvgIpc) is 2.60. The van der Waals surface area contributed by atoms with Gasteiger partial charge in [-0.25, -0.2) is 9.97 Å². The molecule has 0 radical (unpaired) electrons. The number of carbonyl (C=O) groups excluding carboxylic acids is 1. The first-order valence-corrected chi connectivity index (χ1v) is 7.44. The first-order chi connectivity index (χ1) is 11.1. The van der Waals surface area contributed by atoms with Crippen molar-refractivity contribution in [2.45, 2.75) is 19.9 Å². The zero-order valence-electron chi connectivity index (χ0n) is 13.5. The second-order valence-electron chi connectivity index (χ2n) is 5.47. The molecule has 23 heavy (non-hydrogen) atoms. The van der Waals surface area contributed by atoms with Crippen molar-refractivity contribution in [1.29, 1.82) is 0 Å². The number of hydrogen-bond donors (Lipinski definition) is 0. The van der Waals surface area contributed by atoms with Gasteiger partial charge in [0.2, 0.25) is 0 Å². The Bertz CT molecular complexity index is 729. The highest BCUT2D eigenvalue weighted by molar-refractivity contribution is 5.93. The van der Waals surface area contributed by atoms with E-state index >= 15 is 0 Å². The lowest BCUT2D eigenvalue weighted by Crippen LogP contribution is -2.36. The minimum Gasteiger partial charge on any atom is -0.493 e. The monoisotopic (exact) mass is 313 g/mol. The molecular formula is C17H19N3O3. The van der Waals surface area contributed by atoms with Crippen LogP contribution in [0.15, 0.2) is 24.5 Å². The number of carbonyl (C=O) groups is 1. The van der Waals surface area contributed by atoms with E-state index in [0.717, 1.165) is 17.7 Å². The quantitative estimate of drug-likeness (QED) is 0.867. The third-order valence-electron chi connectivity index (χ3n) is 4.03. The molecule has 0 aliphatic carbocycles. The Morgan fingerprint density at radius 1 is 1.09 bits per heavy atom. The van der Waals surface area contributed by atoms with Crippen LogP contribution in [-0.4, -0.2) is 41.5 Å². The summed E-state index contributed by atoms with van der Waals surface area (Å²) in [4.78, 5) is 22.6. The maximum absolute atomic E-state index is 12.6. The number of fused-ring (bicyclic) bond motifs is 1. The first-order valence-electron chi connectivity index (χ1n) is 7.44. The maximum Gasteiger partial charge on any atom is 0.257 e. The van der Waals surface area contributed by atoms with Gasteiger partial charge in [0.05, 0.1) is 19.8 Å². The molecule has 0 atom stereocenters. The molecule has 120 valence electrons. The number of amides is 1. The number of methoxy groups -OCH3 is 2. The lowest BCUT2D eigenvalue weighted by Gasteiger charge is -2.29. The third-order valence-corrected chi connectivity index (χ3v) is 4.03. The molecule has 3 rings (SSSR count). The molecule has 1 aliphatic rings. The lowest BCUT2D eigenvalue weighted by atomic mass is 9.98. The Labute approximate surface area is 135 Å². The summed E-state index contributed by atoms with van der Waals surface area (Å²) >= 11 is 0. The summed E-state index contributed by atoms with van der Waals surface area (Å²) in [5.41, 5.74) is 2.78. The predicted octanol–water partition coefficient (Wildman–Crippen LogP) is 2.00. The van der Waals surface area contributed by atoms with Crippen LogP contribution in [0.5, 0.6) is 11.5 Å².